The number of para-hydroxylation sites is 1. The maximum absolute atomic E-state index is 13.5. The lowest BCUT2D eigenvalue weighted by Crippen LogP contribution is -1.99. The van der Waals surface area contributed by atoms with E-state index in [0.717, 1.165) is 0 Å². The van der Waals surface area contributed by atoms with Crippen molar-refractivity contribution in [3.8, 4) is 0 Å². The monoisotopic (exact) mass is 287 g/mol. The molecule has 0 fully saturated rings. The molecule has 5 nitrogen and oxygen atoms in total. The maximum Gasteiger partial charge on any atom is 0.339 e. The summed E-state index contributed by atoms with van der Waals surface area (Å²) in [6.45, 7) is 3.95. The lowest BCUT2D eigenvalue weighted by molar-refractivity contribution is 0.217. The average Bonchev–Trinajstić information content (AvgIpc) is 2.73. The molecule has 19 heavy (non-hydrogen) atoms. The van der Waals surface area contributed by atoms with Crippen LogP contribution < -0.4 is 0 Å². The standard InChI is InChI=1S/C12H15FNO4P/c1-3-16-19(15,17-4-2)8-11-14-10-7-5-6-9(13)12(10)18-11/h5-7H,3-4,8H2,1-2H3. The van der Waals surface area contributed by atoms with Gasteiger partial charge in [0.25, 0.3) is 0 Å². The number of nitrogens with zero attached hydrogens (tertiary/aromatic N) is 1. The van der Waals surface area contributed by atoms with Gasteiger partial charge in [-0.15, -0.1) is 0 Å². The lowest BCUT2D eigenvalue weighted by atomic mass is 10.3. The summed E-state index contributed by atoms with van der Waals surface area (Å²) in [5, 5.41) is 0. The number of halogens is 1. The number of hydrogen-bond donors (Lipinski definition) is 0. The van der Waals surface area contributed by atoms with Gasteiger partial charge in [0, 0.05) is 0 Å². The molecule has 2 aromatic rings. The van der Waals surface area contributed by atoms with E-state index >= 15 is 0 Å². The highest BCUT2D eigenvalue weighted by Gasteiger charge is 2.27. The van der Waals surface area contributed by atoms with Crippen LogP contribution in [-0.2, 0) is 19.8 Å². The van der Waals surface area contributed by atoms with Gasteiger partial charge in [0.15, 0.2) is 11.4 Å². The van der Waals surface area contributed by atoms with Gasteiger partial charge in [-0.2, -0.15) is 0 Å². The van der Waals surface area contributed by atoms with Crippen molar-refractivity contribution in [2.24, 2.45) is 0 Å². The minimum absolute atomic E-state index is 0.0528. The van der Waals surface area contributed by atoms with Gasteiger partial charge >= 0.3 is 7.60 Å². The first-order chi connectivity index (χ1) is 9.08. The molecule has 1 aromatic heterocycles. The second-order valence-electron chi connectivity index (χ2n) is 3.80. The van der Waals surface area contributed by atoms with Crippen LogP contribution >= 0.6 is 7.60 Å². The van der Waals surface area contributed by atoms with Crippen LogP contribution in [0.2, 0.25) is 0 Å². The first-order valence-electron chi connectivity index (χ1n) is 6.00. The second kappa shape index (κ2) is 5.82. The first kappa shape index (κ1) is 14.2. The predicted octanol–water partition coefficient (Wildman–Crippen LogP) is 3.73. The molecule has 0 aliphatic heterocycles. The number of aromatic nitrogens is 1. The van der Waals surface area contributed by atoms with E-state index in [1.54, 1.807) is 19.9 Å². The summed E-state index contributed by atoms with van der Waals surface area (Å²) in [4.78, 5) is 4.08. The van der Waals surface area contributed by atoms with Gasteiger partial charge in [0.1, 0.15) is 11.7 Å². The molecule has 1 aromatic carbocycles. The lowest BCUT2D eigenvalue weighted by Gasteiger charge is -2.14. The molecule has 2 rings (SSSR count). The highest BCUT2D eigenvalue weighted by molar-refractivity contribution is 7.52. The fraction of sp³-hybridized carbons (Fsp3) is 0.417. The molecule has 0 aliphatic rings. The Balaban J connectivity index is 2.29. The van der Waals surface area contributed by atoms with Crippen molar-refractivity contribution in [2.45, 2.75) is 20.0 Å². The summed E-state index contributed by atoms with van der Waals surface area (Å²) >= 11 is 0. The van der Waals surface area contributed by atoms with Crippen LogP contribution in [0.15, 0.2) is 22.6 Å². The zero-order chi connectivity index (χ0) is 13.9. The zero-order valence-corrected chi connectivity index (χ0v) is 11.7. The first-order valence-corrected chi connectivity index (χ1v) is 7.73. The Hall–Kier alpha value is -1.23. The van der Waals surface area contributed by atoms with Gasteiger partial charge in [-0.05, 0) is 26.0 Å². The van der Waals surface area contributed by atoms with Crippen molar-refractivity contribution in [1.82, 2.24) is 4.98 Å². The van der Waals surface area contributed by atoms with Crippen LogP contribution in [0.25, 0.3) is 11.1 Å². The number of oxazole rings is 1. The topological polar surface area (TPSA) is 61.6 Å². The Morgan fingerprint density at radius 1 is 1.32 bits per heavy atom. The average molecular weight is 287 g/mol. The third-order valence-corrected chi connectivity index (χ3v) is 4.35. The maximum atomic E-state index is 13.5. The molecular weight excluding hydrogens is 272 g/mol. The minimum Gasteiger partial charge on any atom is -0.437 e. The van der Waals surface area contributed by atoms with Crippen molar-refractivity contribution in [2.75, 3.05) is 13.2 Å². The van der Waals surface area contributed by atoms with Crippen LogP contribution in [0.3, 0.4) is 0 Å². The largest absolute Gasteiger partial charge is 0.437 e. The zero-order valence-electron chi connectivity index (χ0n) is 10.8. The number of fused-ring (bicyclic) bond motifs is 1. The quantitative estimate of drug-likeness (QED) is 0.757. The summed E-state index contributed by atoms with van der Waals surface area (Å²) in [5.41, 5.74) is 0.437. The fourth-order valence-electron chi connectivity index (χ4n) is 1.72. The molecule has 0 saturated heterocycles. The SMILES string of the molecule is CCOP(=O)(Cc1nc2cccc(F)c2o1)OCC. The van der Waals surface area contributed by atoms with E-state index in [1.807, 2.05) is 0 Å². The summed E-state index contributed by atoms with van der Waals surface area (Å²) in [6.07, 6.45) is -0.108. The van der Waals surface area contributed by atoms with Crippen LogP contribution in [-0.4, -0.2) is 18.2 Å². The Morgan fingerprint density at radius 3 is 2.58 bits per heavy atom. The molecular formula is C12H15FNO4P. The Bertz CT molecular complexity index is 603. The van der Waals surface area contributed by atoms with Gasteiger partial charge < -0.3 is 13.5 Å². The van der Waals surface area contributed by atoms with E-state index in [1.165, 1.54) is 12.1 Å². The van der Waals surface area contributed by atoms with Crippen molar-refractivity contribution in [3.63, 3.8) is 0 Å². The van der Waals surface area contributed by atoms with Gasteiger partial charge in [-0.25, -0.2) is 9.37 Å². The van der Waals surface area contributed by atoms with Gasteiger partial charge in [0.05, 0.1) is 13.2 Å². The molecule has 0 amide bonds. The van der Waals surface area contributed by atoms with E-state index in [4.69, 9.17) is 13.5 Å². The van der Waals surface area contributed by atoms with Crippen LogP contribution in [0.1, 0.15) is 19.7 Å². The van der Waals surface area contributed by atoms with Gasteiger partial charge in [-0.3, -0.25) is 4.57 Å². The van der Waals surface area contributed by atoms with Gasteiger partial charge in [0.2, 0.25) is 5.89 Å². The predicted molar refractivity (Wildman–Crippen MR) is 68.5 cm³/mol. The van der Waals surface area contributed by atoms with E-state index < -0.39 is 13.4 Å². The van der Waals surface area contributed by atoms with E-state index in [0.29, 0.717) is 5.52 Å². The summed E-state index contributed by atoms with van der Waals surface area (Å²) in [6, 6.07) is 4.44. The molecule has 0 bridgehead atoms. The molecule has 0 spiro atoms. The highest BCUT2D eigenvalue weighted by Crippen LogP contribution is 2.51. The summed E-state index contributed by atoms with van der Waals surface area (Å²) in [7, 11) is -3.29. The smallest absolute Gasteiger partial charge is 0.339 e. The van der Waals surface area contributed by atoms with Crippen molar-refractivity contribution < 1.29 is 22.4 Å². The van der Waals surface area contributed by atoms with Crippen LogP contribution in [0.5, 0.6) is 0 Å². The van der Waals surface area contributed by atoms with E-state index in [2.05, 4.69) is 4.98 Å². The highest BCUT2D eigenvalue weighted by atomic mass is 31.2. The van der Waals surface area contributed by atoms with Crippen molar-refractivity contribution >= 4 is 18.7 Å². The molecule has 104 valence electrons. The molecule has 0 unspecified atom stereocenters. The molecule has 7 heteroatoms. The minimum atomic E-state index is -3.29. The molecule has 0 N–H and O–H groups in total. The van der Waals surface area contributed by atoms with Crippen LogP contribution in [0.4, 0.5) is 4.39 Å². The second-order valence-corrected chi connectivity index (χ2v) is 5.85. The van der Waals surface area contributed by atoms with E-state index in [-0.39, 0.29) is 30.8 Å². The van der Waals surface area contributed by atoms with Crippen molar-refractivity contribution in [1.29, 1.82) is 0 Å². The molecule has 0 saturated carbocycles. The van der Waals surface area contributed by atoms with E-state index in [9.17, 15) is 8.96 Å². The van der Waals surface area contributed by atoms with Crippen LogP contribution in [0, 0.1) is 5.82 Å². The Morgan fingerprint density at radius 2 is 2.00 bits per heavy atom. The molecule has 1 heterocycles. The Kier molecular flexibility index (Phi) is 4.34. The third-order valence-electron chi connectivity index (χ3n) is 2.39. The van der Waals surface area contributed by atoms with Crippen molar-refractivity contribution in [3.05, 3.63) is 29.9 Å². The summed E-state index contributed by atoms with van der Waals surface area (Å²) < 4.78 is 41.3. The third kappa shape index (κ3) is 3.21. The number of benzene rings is 1. The summed E-state index contributed by atoms with van der Waals surface area (Å²) in [5.74, 6) is -0.357. The fourth-order valence-corrected chi connectivity index (χ4v) is 3.23. The normalized spacial score (nSPS) is 12.2. The Labute approximate surface area is 110 Å². The molecule has 0 radical (unpaired) electrons. The number of rotatable bonds is 6. The van der Waals surface area contributed by atoms with Gasteiger partial charge in [-0.1, -0.05) is 6.07 Å². The molecule has 0 aliphatic carbocycles. The molecule has 0 atom stereocenters. The number of hydrogen-bond acceptors (Lipinski definition) is 5.